The normalized spacial score (nSPS) is 13.9. The van der Waals surface area contributed by atoms with Crippen molar-refractivity contribution < 1.29 is 18.9 Å². The molecule has 0 heterocycles. The second-order valence-corrected chi connectivity index (χ2v) is 6.68. The lowest BCUT2D eigenvalue weighted by atomic mass is 9.85. The average molecular weight is 368 g/mol. The van der Waals surface area contributed by atoms with Gasteiger partial charge in [-0.05, 0) is 66.6 Å². The van der Waals surface area contributed by atoms with Crippen molar-refractivity contribution in [3.05, 3.63) is 53.1 Å². The van der Waals surface area contributed by atoms with Crippen LogP contribution in [0.15, 0.2) is 42.0 Å². The first-order chi connectivity index (χ1) is 13.2. The lowest BCUT2D eigenvalue weighted by molar-refractivity contribution is 0.354. The van der Waals surface area contributed by atoms with Crippen LogP contribution in [-0.4, -0.2) is 28.4 Å². The van der Waals surface area contributed by atoms with Crippen molar-refractivity contribution in [2.24, 2.45) is 0 Å². The Labute approximate surface area is 161 Å². The van der Waals surface area contributed by atoms with E-state index in [0.717, 1.165) is 47.0 Å². The van der Waals surface area contributed by atoms with Crippen LogP contribution in [0.2, 0.25) is 0 Å². The van der Waals surface area contributed by atoms with Crippen molar-refractivity contribution >= 4 is 5.57 Å². The lowest BCUT2D eigenvalue weighted by Gasteiger charge is -2.22. The van der Waals surface area contributed by atoms with Crippen molar-refractivity contribution in [3.8, 4) is 23.0 Å². The molecule has 144 valence electrons. The summed E-state index contributed by atoms with van der Waals surface area (Å²) in [6, 6.07) is 12.3. The molecule has 0 aromatic heterocycles. The molecule has 1 aliphatic carbocycles. The molecule has 4 nitrogen and oxygen atoms in total. The molecule has 0 bridgehead atoms. The van der Waals surface area contributed by atoms with Gasteiger partial charge >= 0.3 is 0 Å². The highest BCUT2D eigenvalue weighted by molar-refractivity contribution is 5.84. The first-order valence-corrected chi connectivity index (χ1v) is 9.38. The maximum absolute atomic E-state index is 5.54. The Morgan fingerprint density at radius 2 is 1.04 bits per heavy atom. The van der Waals surface area contributed by atoms with Gasteiger partial charge in [0, 0.05) is 0 Å². The summed E-state index contributed by atoms with van der Waals surface area (Å²) in [5.41, 5.74) is 5.02. The summed E-state index contributed by atoms with van der Waals surface area (Å²) in [5, 5.41) is 0. The molecule has 0 unspecified atom stereocenters. The van der Waals surface area contributed by atoms with E-state index < -0.39 is 0 Å². The summed E-state index contributed by atoms with van der Waals surface area (Å²) in [6.45, 7) is 0. The Morgan fingerprint density at radius 1 is 0.593 bits per heavy atom. The van der Waals surface area contributed by atoms with E-state index >= 15 is 0 Å². The monoisotopic (exact) mass is 368 g/mol. The summed E-state index contributed by atoms with van der Waals surface area (Å²) in [6.07, 6.45) is 6.02. The van der Waals surface area contributed by atoms with Crippen molar-refractivity contribution in [1.82, 2.24) is 0 Å². The topological polar surface area (TPSA) is 36.9 Å². The highest BCUT2D eigenvalue weighted by Crippen LogP contribution is 2.40. The second-order valence-electron chi connectivity index (χ2n) is 6.68. The average Bonchev–Trinajstić information content (AvgIpc) is 2.74. The first-order valence-electron chi connectivity index (χ1n) is 9.38. The minimum absolute atomic E-state index is 0.738. The number of hydrogen-bond acceptors (Lipinski definition) is 4. The van der Waals surface area contributed by atoms with Gasteiger partial charge in [0.15, 0.2) is 23.0 Å². The van der Waals surface area contributed by atoms with Crippen LogP contribution >= 0.6 is 0 Å². The second kappa shape index (κ2) is 8.85. The van der Waals surface area contributed by atoms with Crippen LogP contribution in [0.5, 0.6) is 23.0 Å². The van der Waals surface area contributed by atoms with Gasteiger partial charge in [-0.2, -0.15) is 0 Å². The van der Waals surface area contributed by atoms with Gasteiger partial charge in [-0.3, -0.25) is 0 Å². The molecule has 27 heavy (non-hydrogen) atoms. The molecular formula is C23H28O4. The molecule has 0 amide bonds. The summed E-state index contributed by atoms with van der Waals surface area (Å²) >= 11 is 0. The fourth-order valence-electron chi connectivity index (χ4n) is 3.79. The standard InChI is InChI=1S/C23H28O4/c1-24-19-12-10-17(14-21(19)26-3)23(16-8-6-5-7-9-16)18-11-13-20(25-2)22(15-18)27-4/h10-15H,5-9H2,1-4H3. The van der Waals surface area contributed by atoms with E-state index in [4.69, 9.17) is 18.9 Å². The zero-order valence-corrected chi connectivity index (χ0v) is 16.6. The molecule has 2 aromatic carbocycles. The largest absolute Gasteiger partial charge is 0.493 e. The molecule has 4 heteroatoms. The summed E-state index contributed by atoms with van der Waals surface area (Å²) in [5.74, 6) is 2.96. The van der Waals surface area contributed by atoms with Gasteiger partial charge in [-0.15, -0.1) is 0 Å². The molecule has 1 fully saturated rings. The van der Waals surface area contributed by atoms with E-state index in [2.05, 4.69) is 24.3 Å². The molecule has 0 radical (unpaired) electrons. The van der Waals surface area contributed by atoms with E-state index in [-0.39, 0.29) is 0 Å². The zero-order valence-electron chi connectivity index (χ0n) is 16.6. The number of ether oxygens (including phenoxy) is 4. The number of allylic oxidation sites excluding steroid dienone is 1. The summed E-state index contributed by atoms with van der Waals surface area (Å²) in [4.78, 5) is 0. The minimum Gasteiger partial charge on any atom is -0.493 e. The van der Waals surface area contributed by atoms with Crippen LogP contribution in [0, 0.1) is 0 Å². The predicted octanol–water partition coefficient (Wildman–Crippen LogP) is 5.49. The molecule has 0 spiro atoms. The van der Waals surface area contributed by atoms with Crippen LogP contribution in [0.25, 0.3) is 5.57 Å². The maximum atomic E-state index is 5.54. The maximum Gasteiger partial charge on any atom is 0.161 e. The molecule has 0 saturated heterocycles. The van der Waals surface area contributed by atoms with Crippen LogP contribution in [0.1, 0.15) is 43.2 Å². The molecular weight excluding hydrogens is 340 g/mol. The van der Waals surface area contributed by atoms with Gasteiger partial charge in [0.05, 0.1) is 28.4 Å². The minimum atomic E-state index is 0.738. The molecule has 0 aliphatic heterocycles. The molecule has 2 aromatic rings. The molecule has 1 saturated carbocycles. The van der Waals surface area contributed by atoms with Crippen LogP contribution in [-0.2, 0) is 0 Å². The van der Waals surface area contributed by atoms with Gasteiger partial charge in [0.25, 0.3) is 0 Å². The van der Waals surface area contributed by atoms with Gasteiger partial charge < -0.3 is 18.9 Å². The Kier molecular flexibility index (Phi) is 6.28. The van der Waals surface area contributed by atoms with E-state index in [0.29, 0.717) is 0 Å². The van der Waals surface area contributed by atoms with Gasteiger partial charge in [0.2, 0.25) is 0 Å². The van der Waals surface area contributed by atoms with Crippen molar-refractivity contribution in [1.29, 1.82) is 0 Å². The summed E-state index contributed by atoms with van der Waals surface area (Å²) in [7, 11) is 6.66. The van der Waals surface area contributed by atoms with Gasteiger partial charge in [-0.1, -0.05) is 24.1 Å². The van der Waals surface area contributed by atoms with E-state index in [9.17, 15) is 0 Å². The summed E-state index contributed by atoms with van der Waals surface area (Å²) < 4.78 is 21.9. The smallest absolute Gasteiger partial charge is 0.161 e. The fourth-order valence-corrected chi connectivity index (χ4v) is 3.79. The molecule has 1 aliphatic rings. The third-order valence-electron chi connectivity index (χ3n) is 5.16. The first kappa shape index (κ1) is 19.2. The van der Waals surface area contributed by atoms with Crippen molar-refractivity contribution in [2.75, 3.05) is 28.4 Å². The molecule has 0 atom stereocenters. The third kappa shape index (κ3) is 4.05. The van der Waals surface area contributed by atoms with E-state index in [1.165, 1.54) is 30.4 Å². The van der Waals surface area contributed by atoms with Crippen LogP contribution in [0.3, 0.4) is 0 Å². The van der Waals surface area contributed by atoms with Gasteiger partial charge in [-0.25, -0.2) is 0 Å². The Bertz CT molecular complexity index is 758. The third-order valence-corrected chi connectivity index (χ3v) is 5.16. The Balaban J connectivity index is 2.16. The highest BCUT2D eigenvalue weighted by Gasteiger charge is 2.18. The quantitative estimate of drug-likeness (QED) is 0.676. The highest BCUT2D eigenvalue weighted by atomic mass is 16.5. The Hall–Kier alpha value is -2.62. The van der Waals surface area contributed by atoms with Crippen LogP contribution < -0.4 is 18.9 Å². The van der Waals surface area contributed by atoms with Crippen molar-refractivity contribution in [2.45, 2.75) is 32.1 Å². The molecule has 3 rings (SSSR count). The lowest BCUT2D eigenvalue weighted by Crippen LogP contribution is -2.02. The zero-order chi connectivity index (χ0) is 19.2. The number of hydrogen-bond donors (Lipinski definition) is 0. The number of benzene rings is 2. The number of methoxy groups -OCH3 is 4. The van der Waals surface area contributed by atoms with Crippen molar-refractivity contribution in [3.63, 3.8) is 0 Å². The SMILES string of the molecule is COc1ccc(C(=C2CCCCC2)c2ccc(OC)c(OC)c2)cc1OC. The fraction of sp³-hybridized carbons (Fsp3) is 0.391. The predicted molar refractivity (Wildman–Crippen MR) is 108 cm³/mol. The Morgan fingerprint density at radius 3 is 1.44 bits per heavy atom. The van der Waals surface area contributed by atoms with Crippen LogP contribution in [0.4, 0.5) is 0 Å². The molecule has 0 N–H and O–H groups in total. The van der Waals surface area contributed by atoms with E-state index in [1.807, 2.05) is 12.1 Å². The number of rotatable bonds is 6. The van der Waals surface area contributed by atoms with E-state index in [1.54, 1.807) is 28.4 Å². The van der Waals surface area contributed by atoms with Gasteiger partial charge in [0.1, 0.15) is 0 Å².